The summed E-state index contributed by atoms with van der Waals surface area (Å²) in [4.78, 5) is 26.4. The Bertz CT molecular complexity index is 1830. The standard InChI is InChI=1S/C35H30ClFN4O4/c36-30-20-28(13-15-32(30)44-21-24-4-3-5-27(37)18-24)40-35-29-19-26(12-14-31(29)38-22-39-35)25-10-7-23(8-11-25)9-16-33(42)41-45-34-6-1-2-17-43-34/h3-5,7-16,18-20,22,34H,1-2,6,17,21H2,(H,41,42)(H,38,39,40)/b16-9+. The third-order valence-corrected chi connectivity index (χ3v) is 7.51. The summed E-state index contributed by atoms with van der Waals surface area (Å²) in [6.45, 7) is 0.839. The van der Waals surface area contributed by atoms with E-state index < -0.39 is 6.29 Å². The Morgan fingerprint density at radius 3 is 2.67 bits per heavy atom. The number of carbonyl (C=O) groups excluding carboxylic acids is 1. The van der Waals surface area contributed by atoms with Gasteiger partial charge in [-0.3, -0.25) is 4.79 Å². The largest absolute Gasteiger partial charge is 0.487 e. The molecule has 1 atom stereocenters. The van der Waals surface area contributed by atoms with Crippen LogP contribution in [0.1, 0.15) is 30.4 Å². The Morgan fingerprint density at radius 1 is 1.00 bits per heavy atom. The second-order valence-corrected chi connectivity index (χ2v) is 10.9. The van der Waals surface area contributed by atoms with Crippen LogP contribution in [-0.2, 0) is 21.0 Å². The minimum Gasteiger partial charge on any atom is -0.487 e. The normalized spacial score (nSPS) is 14.8. The van der Waals surface area contributed by atoms with Gasteiger partial charge in [-0.25, -0.2) is 24.7 Å². The molecule has 0 saturated carbocycles. The van der Waals surface area contributed by atoms with Crippen LogP contribution < -0.4 is 15.5 Å². The molecule has 5 aromatic rings. The quantitative estimate of drug-likeness (QED) is 0.120. The van der Waals surface area contributed by atoms with Crippen LogP contribution in [-0.4, -0.2) is 28.8 Å². The fourth-order valence-corrected chi connectivity index (χ4v) is 5.11. The van der Waals surface area contributed by atoms with Crippen LogP contribution >= 0.6 is 11.6 Å². The van der Waals surface area contributed by atoms with Gasteiger partial charge in [0.15, 0.2) is 6.29 Å². The van der Waals surface area contributed by atoms with Crippen LogP contribution in [0.4, 0.5) is 15.9 Å². The molecule has 10 heteroatoms. The van der Waals surface area contributed by atoms with Crippen molar-refractivity contribution in [2.24, 2.45) is 0 Å². The van der Waals surface area contributed by atoms with Gasteiger partial charge in [0.1, 0.15) is 30.3 Å². The summed E-state index contributed by atoms with van der Waals surface area (Å²) < 4.78 is 24.7. The number of halogens is 2. The van der Waals surface area contributed by atoms with Gasteiger partial charge in [-0.15, -0.1) is 0 Å². The molecule has 0 aliphatic carbocycles. The number of hydroxylamine groups is 1. The summed E-state index contributed by atoms with van der Waals surface area (Å²) in [5.41, 5.74) is 7.48. The highest BCUT2D eigenvalue weighted by Gasteiger charge is 2.15. The van der Waals surface area contributed by atoms with Gasteiger partial charge >= 0.3 is 0 Å². The van der Waals surface area contributed by atoms with Crippen molar-refractivity contribution in [1.82, 2.24) is 15.4 Å². The summed E-state index contributed by atoms with van der Waals surface area (Å²) in [5, 5.41) is 4.58. The van der Waals surface area contributed by atoms with Crippen molar-refractivity contribution in [3.05, 3.63) is 119 Å². The van der Waals surface area contributed by atoms with E-state index in [4.69, 9.17) is 25.9 Å². The Labute approximate surface area is 264 Å². The van der Waals surface area contributed by atoms with Crippen molar-refractivity contribution < 1.29 is 23.5 Å². The van der Waals surface area contributed by atoms with E-state index in [2.05, 4.69) is 20.8 Å². The zero-order chi connectivity index (χ0) is 31.0. The molecule has 0 radical (unpaired) electrons. The second-order valence-electron chi connectivity index (χ2n) is 10.5. The molecule has 1 aliphatic rings. The maximum absolute atomic E-state index is 13.5. The van der Waals surface area contributed by atoms with E-state index in [1.807, 2.05) is 48.5 Å². The van der Waals surface area contributed by atoms with Crippen LogP contribution in [0.15, 0.2) is 97.3 Å². The van der Waals surface area contributed by atoms with Crippen molar-refractivity contribution in [2.75, 3.05) is 11.9 Å². The smallest absolute Gasteiger partial charge is 0.267 e. The predicted molar refractivity (Wildman–Crippen MR) is 172 cm³/mol. The molecule has 1 saturated heterocycles. The van der Waals surface area contributed by atoms with Crippen molar-refractivity contribution in [3.63, 3.8) is 0 Å². The number of benzene rings is 4. The minimum absolute atomic E-state index is 0.196. The maximum atomic E-state index is 13.5. The van der Waals surface area contributed by atoms with Gasteiger partial charge in [-0.1, -0.05) is 54.1 Å². The molecule has 2 heterocycles. The Kier molecular flexibility index (Phi) is 9.60. The molecule has 45 heavy (non-hydrogen) atoms. The monoisotopic (exact) mass is 624 g/mol. The molecule has 1 aliphatic heterocycles. The van der Waals surface area contributed by atoms with E-state index in [1.165, 1.54) is 24.5 Å². The van der Waals surface area contributed by atoms with E-state index in [-0.39, 0.29) is 18.3 Å². The molecular formula is C35H30ClFN4O4. The first-order chi connectivity index (χ1) is 22.0. The van der Waals surface area contributed by atoms with E-state index in [0.717, 1.165) is 52.5 Å². The molecule has 0 bridgehead atoms. The Hall–Kier alpha value is -4.83. The molecule has 228 valence electrons. The summed E-state index contributed by atoms with van der Waals surface area (Å²) in [7, 11) is 0. The fraction of sp³-hybridized carbons (Fsp3) is 0.171. The number of carbonyl (C=O) groups is 1. The number of fused-ring (bicyclic) bond motifs is 1. The summed E-state index contributed by atoms with van der Waals surface area (Å²) >= 11 is 6.51. The number of rotatable bonds is 10. The molecule has 0 spiro atoms. The van der Waals surface area contributed by atoms with Crippen molar-refractivity contribution in [1.29, 1.82) is 0 Å². The molecule has 1 unspecified atom stereocenters. The molecule has 1 fully saturated rings. The lowest BCUT2D eigenvalue weighted by atomic mass is 10.0. The van der Waals surface area contributed by atoms with E-state index in [1.54, 1.807) is 30.3 Å². The molecular weight excluding hydrogens is 595 g/mol. The first-order valence-corrected chi connectivity index (χ1v) is 14.9. The lowest BCUT2D eigenvalue weighted by molar-refractivity contribution is -0.198. The van der Waals surface area contributed by atoms with E-state index in [9.17, 15) is 9.18 Å². The maximum Gasteiger partial charge on any atom is 0.267 e. The van der Waals surface area contributed by atoms with Crippen molar-refractivity contribution >= 4 is 46.0 Å². The Morgan fingerprint density at radius 2 is 1.87 bits per heavy atom. The summed E-state index contributed by atoms with van der Waals surface area (Å²) in [6.07, 6.45) is 7.06. The van der Waals surface area contributed by atoms with Gasteiger partial charge in [-0.05, 0) is 83.6 Å². The number of nitrogens with one attached hydrogen (secondary N) is 2. The summed E-state index contributed by atoms with van der Waals surface area (Å²) in [5.74, 6) is 0.444. The highest BCUT2D eigenvalue weighted by molar-refractivity contribution is 6.32. The molecule has 6 rings (SSSR count). The number of hydrogen-bond acceptors (Lipinski definition) is 7. The number of amides is 1. The molecule has 8 nitrogen and oxygen atoms in total. The van der Waals surface area contributed by atoms with Crippen molar-refractivity contribution in [2.45, 2.75) is 32.2 Å². The third kappa shape index (κ3) is 8.02. The second kappa shape index (κ2) is 14.3. The Balaban J connectivity index is 1.11. The zero-order valence-corrected chi connectivity index (χ0v) is 25.0. The van der Waals surface area contributed by atoms with Gasteiger partial charge in [0.2, 0.25) is 0 Å². The number of anilines is 2. The van der Waals surface area contributed by atoms with Crippen LogP contribution in [0.3, 0.4) is 0 Å². The SMILES string of the molecule is O=C(/C=C/c1ccc(-c2ccc3ncnc(Nc4ccc(OCc5cccc(F)c5)c(Cl)c4)c3c2)cc1)NOC1CCCCO1. The number of hydrogen-bond donors (Lipinski definition) is 2. The third-order valence-electron chi connectivity index (χ3n) is 7.21. The van der Waals surface area contributed by atoms with Gasteiger partial charge in [0.05, 0.1) is 10.5 Å². The van der Waals surface area contributed by atoms with Crippen LogP contribution in [0.25, 0.3) is 28.1 Å². The van der Waals surface area contributed by atoms with Gasteiger partial charge < -0.3 is 14.8 Å². The number of nitrogens with zero attached hydrogens (tertiary/aromatic N) is 2. The van der Waals surface area contributed by atoms with Gasteiger partial charge in [0.25, 0.3) is 5.91 Å². The lowest BCUT2D eigenvalue weighted by Gasteiger charge is -2.21. The predicted octanol–water partition coefficient (Wildman–Crippen LogP) is 8.00. The molecule has 1 amide bonds. The fourth-order valence-electron chi connectivity index (χ4n) is 4.88. The lowest BCUT2D eigenvalue weighted by Crippen LogP contribution is -2.32. The van der Waals surface area contributed by atoms with Crippen LogP contribution in [0, 0.1) is 5.82 Å². The first kappa shape index (κ1) is 30.2. The average Bonchev–Trinajstić information content (AvgIpc) is 3.07. The van der Waals surface area contributed by atoms with Crippen molar-refractivity contribution in [3.8, 4) is 16.9 Å². The topological polar surface area (TPSA) is 94.6 Å². The average molecular weight is 625 g/mol. The summed E-state index contributed by atoms with van der Waals surface area (Å²) in [6, 6.07) is 25.4. The highest BCUT2D eigenvalue weighted by Crippen LogP contribution is 2.32. The molecule has 2 N–H and O–H groups in total. The number of aromatic nitrogens is 2. The van der Waals surface area contributed by atoms with Crippen LogP contribution in [0.2, 0.25) is 5.02 Å². The van der Waals surface area contributed by atoms with Gasteiger partial charge in [0, 0.05) is 30.2 Å². The van der Waals surface area contributed by atoms with E-state index >= 15 is 0 Å². The zero-order valence-electron chi connectivity index (χ0n) is 24.2. The van der Waals surface area contributed by atoms with Gasteiger partial charge in [-0.2, -0.15) is 0 Å². The molecule has 4 aromatic carbocycles. The minimum atomic E-state index is -0.393. The molecule has 1 aromatic heterocycles. The number of ether oxygens (including phenoxy) is 2. The highest BCUT2D eigenvalue weighted by atomic mass is 35.5. The first-order valence-electron chi connectivity index (χ1n) is 14.5. The van der Waals surface area contributed by atoms with E-state index in [0.29, 0.717) is 28.8 Å². The van der Waals surface area contributed by atoms with Crippen LogP contribution in [0.5, 0.6) is 5.75 Å².